The van der Waals surface area contributed by atoms with E-state index in [1.165, 1.54) is 22.5 Å². The van der Waals surface area contributed by atoms with E-state index in [2.05, 4.69) is 48.5 Å². The van der Waals surface area contributed by atoms with Gasteiger partial charge in [0.2, 0.25) is 5.78 Å². The van der Waals surface area contributed by atoms with Crippen molar-refractivity contribution in [2.24, 2.45) is 0 Å². The number of esters is 1. The zero-order chi connectivity index (χ0) is 27.6. The van der Waals surface area contributed by atoms with E-state index < -0.39 is 5.97 Å². The number of aryl methyl sites for hydroxylation is 1. The van der Waals surface area contributed by atoms with Gasteiger partial charge in [-0.3, -0.25) is 4.79 Å². The molecule has 0 unspecified atom stereocenters. The Balaban J connectivity index is 1.64. The molecule has 0 aliphatic rings. The molecule has 0 fully saturated rings. The highest BCUT2D eigenvalue weighted by molar-refractivity contribution is 8.01. The fourth-order valence-corrected chi connectivity index (χ4v) is 7.87. The molecule has 4 nitrogen and oxygen atoms in total. The summed E-state index contributed by atoms with van der Waals surface area (Å²) in [6, 6.07) is 34.1. The van der Waals surface area contributed by atoms with Gasteiger partial charge in [-0.15, -0.1) is 23.1 Å². The number of fused-ring (bicyclic) bond motifs is 3. The molecule has 3 aromatic heterocycles. The summed E-state index contributed by atoms with van der Waals surface area (Å²) >= 11 is 3.16. The molecule has 0 spiro atoms. The molecule has 0 aliphatic carbocycles. The first kappa shape index (κ1) is 26.1. The number of aromatic nitrogens is 1. The van der Waals surface area contributed by atoms with E-state index in [0.29, 0.717) is 21.4 Å². The third kappa shape index (κ3) is 4.74. The first-order valence-electron chi connectivity index (χ1n) is 13.2. The van der Waals surface area contributed by atoms with Crippen LogP contribution in [0.15, 0.2) is 114 Å². The highest BCUT2D eigenvalue weighted by atomic mass is 32.2. The first-order chi connectivity index (χ1) is 19.6. The monoisotopic (exact) mass is 561 g/mol. The molecule has 0 atom stereocenters. The summed E-state index contributed by atoms with van der Waals surface area (Å²) in [5.74, 6) is -0.517. The van der Waals surface area contributed by atoms with E-state index in [9.17, 15) is 9.59 Å². The van der Waals surface area contributed by atoms with Gasteiger partial charge in [-0.1, -0.05) is 91.0 Å². The summed E-state index contributed by atoms with van der Waals surface area (Å²) in [6.07, 6.45) is 1.99. The Kier molecular flexibility index (Phi) is 7.29. The fraction of sp³-hybridized carbons (Fsp3) is 0.118. The maximum Gasteiger partial charge on any atom is 0.341 e. The van der Waals surface area contributed by atoms with Crippen LogP contribution in [0.25, 0.3) is 16.4 Å². The number of rotatable bonds is 8. The number of pyridine rings is 1. The number of carbonyl (C=O) groups excluding carboxylic acids is 2. The van der Waals surface area contributed by atoms with Crippen molar-refractivity contribution in [3.8, 4) is 0 Å². The van der Waals surface area contributed by atoms with Crippen LogP contribution in [0.4, 0.5) is 0 Å². The number of ether oxygens (including phenoxy) is 1. The van der Waals surface area contributed by atoms with Gasteiger partial charge in [-0.2, -0.15) is 0 Å². The molecule has 0 amide bonds. The van der Waals surface area contributed by atoms with Crippen LogP contribution in [0.1, 0.15) is 54.5 Å². The normalized spacial score (nSPS) is 11.4. The smallest absolute Gasteiger partial charge is 0.341 e. The quantitative estimate of drug-likeness (QED) is 0.106. The second-order valence-corrected chi connectivity index (χ2v) is 11.9. The van der Waals surface area contributed by atoms with Crippen LogP contribution in [0, 0.1) is 6.92 Å². The number of hydrogen-bond acceptors (Lipinski definition) is 5. The lowest BCUT2D eigenvalue weighted by molar-refractivity contribution is 0.0531. The highest BCUT2D eigenvalue weighted by Gasteiger charge is 2.31. The van der Waals surface area contributed by atoms with Crippen molar-refractivity contribution >= 4 is 51.3 Å². The van der Waals surface area contributed by atoms with Crippen molar-refractivity contribution in [3.63, 3.8) is 0 Å². The molecule has 6 heteroatoms. The summed E-state index contributed by atoms with van der Waals surface area (Å²) < 4.78 is 8.56. The minimum atomic E-state index is -0.417. The van der Waals surface area contributed by atoms with Gasteiger partial charge in [-0.25, -0.2) is 4.79 Å². The second-order valence-electron chi connectivity index (χ2n) is 9.51. The molecule has 3 aromatic carbocycles. The van der Waals surface area contributed by atoms with E-state index in [1.807, 2.05) is 72.1 Å². The van der Waals surface area contributed by atoms with Crippen LogP contribution >= 0.6 is 23.1 Å². The Bertz CT molecular complexity index is 1780. The molecular formula is C34H27NO3S2. The molecule has 0 aliphatic heterocycles. The molecule has 3 heterocycles. The van der Waals surface area contributed by atoms with Crippen molar-refractivity contribution in [2.45, 2.75) is 23.3 Å². The lowest BCUT2D eigenvalue weighted by atomic mass is 10.0. The summed E-state index contributed by atoms with van der Waals surface area (Å²) in [5.41, 5.74) is 6.00. The van der Waals surface area contributed by atoms with Gasteiger partial charge in [0.05, 0.1) is 37.5 Å². The third-order valence-electron chi connectivity index (χ3n) is 6.86. The molecule has 0 bridgehead atoms. The zero-order valence-corrected chi connectivity index (χ0v) is 23.8. The van der Waals surface area contributed by atoms with Gasteiger partial charge in [0.15, 0.2) is 0 Å². The van der Waals surface area contributed by atoms with Crippen molar-refractivity contribution in [2.75, 3.05) is 6.61 Å². The molecule has 40 heavy (non-hydrogen) atoms. The Morgan fingerprint density at radius 1 is 0.875 bits per heavy atom. The molecule has 0 radical (unpaired) electrons. The predicted molar refractivity (Wildman–Crippen MR) is 164 cm³/mol. The summed E-state index contributed by atoms with van der Waals surface area (Å²) in [6.45, 7) is 4.05. The van der Waals surface area contributed by atoms with Gasteiger partial charge in [0.25, 0.3) is 0 Å². The van der Waals surface area contributed by atoms with Crippen molar-refractivity contribution < 1.29 is 14.3 Å². The van der Waals surface area contributed by atoms with Crippen LogP contribution in [0.5, 0.6) is 0 Å². The lowest BCUT2D eigenvalue weighted by Gasteiger charge is -2.17. The average molecular weight is 562 g/mol. The number of benzene rings is 3. The third-order valence-corrected chi connectivity index (χ3v) is 9.56. The number of hydrogen-bond donors (Lipinski definition) is 0. The summed E-state index contributed by atoms with van der Waals surface area (Å²) in [5, 5.41) is 0.649. The number of nitrogens with zero attached hydrogens (tertiary/aromatic N) is 1. The standard InChI is InChI=1S/C34H27NO3S2/c1-3-38-33(37)27-26-21-22(2)19-20-35(26)29-28(27)32(30(36)23-13-7-4-8-14-23)40-34(29)39-31(24-15-9-5-10-16-24)25-17-11-6-12-18-25/h4-21,31H,3H2,1-2H3. The van der Waals surface area contributed by atoms with E-state index >= 15 is 0 Å². The topological polar surface area (TPSA) is 47.8 Å². The molecule has 0 saturated heterocycles. The maximum absolute atomic E-state index is 14.0. The predicted octanol–water partition coefficient (Wildman–Crippen LogP) is 8.75. The van der Waals surface area contributed by atoms with Crippen molar-refractivity contribution in [1.29, 1.82) is 0 Å². The number of carbonyl (C=O) groups is 2. The van der Waals surface area contributed by atoms with Gasteiger partial charge in [0.1, 0.15) is 0 Å². The van der Waals surface area contributed by atoms with Crippen LogP contribution in [-0.2, 0) is 4.74 Å². The highest BCUT2D eigenvalue weighted by Crippen LogP contribution is 2.50. The fourth-order valence-electron chi connectivity index (χ4n) is 5.04. The van der Waals surface area contributed by atoms with Crippen LogP contribution < -0.4 is 0 Å². The van der Waals surface area contributed by atoms with E-state index in [-0.39, 0.29) is 17.6 Å². The number of ketones is 1. The number of thioether (sulfide) groups is 1. The number of thiophene rings is 1. The summed E-state index contributed by atoms with van der Waals surface area (Å²) in [7, 11) is 0. The Morgan fingerprint density at radius 3 is 2.08 bits per heavy atom. The van der Waals surface area contributed by atoms with Crippen molar-refractivity contribution in [1.82, 2.24) is 4.40 Å². The first-order valence-corrected chi connectivity index (χ1v) is 14.9. The van der Waals surface area contributed by atoms with Gasteiger partial charge >= 0.3 is 5.97 Å². The molecule has 0 saturated carbocycles. The summed E-state index contributed by atoms with van der Waals surface area (Å²) in [4.78, 5) is 28.0. The van der Waals surface area contributed by atoms with Gasteiger partial charge in [0, 0.05) is 17.1 Å². The SMILES string of the molecule is CCOC(=O)c1c2c(C(=O)c3ccccc3)sc(SC(c3ccccc3)c3ccccc3)c2n2ccc(C)cc12. The van der Waals surface area contributed by atoms with E-state index in [4.69, 9.17) is 4.74 Å². The minimum absolute atomic E-state index is 0.00836. The van der Waals surface area contributed by atoms with Crippen LogP contribution in [-0.4, -0.2) is 22.8 Å². The molecule has 198 valence electrons. The zero-order valence-electron chi connectivity index (χ0n) is 22.2. The molecular weight excluding hydrogens is 535 g/mol. The van der Waals surface area contributed by atoms with Crippen LogP contribution in [0.2, 0.25) is 0 Å². The van der Waals surface area contributed by atoms with Crippen LogP contribution in [0.3, 0.4) is 0 Å². The Morgan fingerprint density at radius 2 is 1.48 bits per heavy atom. The largest absolute Gasteiger partial charge is 0.462 e. The Labute approximate surface area is 241 Å². The van der Waals surface area contributed by atoms with E-state index in [0.717, 1.165) is 20.8 Å². The average Bonchev–Trinajstić information content (AvgIpc) is 3.52. The molecule has 6 rings (SSSR count). The van der Waals surface area contributed by atoms with Crippen molar-refractivity contribution in [3.05, 3.63) is 142 Å². The van der Waals surface area contributed by atoms with Gasteiger partial charge in [-0.05, 0) is 42.7 Å². The second kappa shape index (κ2) is 11.2. The Hall–Kier alpha value is -4.13. The van der Waals surface area contributed by atoms with E-state index in [1.54, 1.807) is 18.7 Å². The molecule has 6 aromatic rings. The lowest BCUT2D eigenvalue weighted by Crippen LogP contribution is -2.06. The minimum Gasteiger partial charge on any atom is -0.462 e. The maximum atomic E-state index is 14.0. The molecule has 0 N–H and O–H groups in total. The van der Waals surface area contributed by atoms with Gasteiger partial charge < -0.3 is 9.14 Å².